The zero-order valence-electron chi connectivity index (χ0n) is 11.8. The second kappa shape index (κ2) is 5.65. The van der Waals surface area contributed by atoms with Crippen LogP contribution in [0.1, 0.15) is 22.8 Å². The van der Waals surface area contributed by atoms with Crippen LogP contribution in [-0.4, -0.2) is 12.5 Å². The zero-order valence-corrected chi connectivity index (χ0v) is 11.8. The van der Waals surface area contributed by atoms with Crippen molar-refractivity contribution in [1.82, 2.24) is 0 Å². The fourth-order valence-corrected chi connectivity index (χ4v) is 2.27. The number of nitrogens with two attached hydrogens (primary N) is 2. The lowest BCUT2D eigenvalue weighted by Gasteiger charge is -2.25. The van der Waals surface area contributed by atoms with Crippen LogP contribution in [0.4, 0.5) is 17.1 Å². The smallest absolute Gasteiger partial charge is 0.250 e. The van der Waals surface area contributed by atoms with E-state index in [2.05, 4.69) is 6.07 Å². The Hall–Kier alpha value is -2.49. The van der Waals surface area contributed by atoms with Crippen molar-refractivity contribution in [1.29, 1.82) is 0 Å². The average Bonchev–Trinajstić information content (AvgIpc) is 2.39. The van der Waals surface area contributed by atoms with Gasteiger partial charge in [-0.1, -0.05) is 12.1 Å². The summed E-state index contributed by atoms with van der Waals surface area (Å²) < 4.78 is 0. The molecule has 0 unspecified atom stereocenters. The first kappa shape index (κ1) is 13.9. The first-order valence-corrected chi connectivity index (χ1v) is 6.56. The molecule has 0 heterocycles. The highest BCUT2D eigenvalue weighted by Crippen LogP contribution is 2.30. The number of amides is 1. The Bertz CT molecular complexity index is 637. The fourth-order valence-electron chi connectivity index (χ4n) is 2.27. The molecule has 0 aliphatic heterocycles. The summed E-state index contributed by atoms with van der Waals surface area (Å²) in [6.45, 7) is 4.77. The summed E-state index contributed by atoms with van der Waals surface area (Å²) in [6.07, 6.45) is 0. The van der Waals surface area contributed by atoms with Crippen LogP contribution >= 0.6 is 0 Å². The van der Waals surface area contributed by atoms with Crippen LogP contribution in [0, 0.1) is 6.92 Å². The molecule has 20 heavy (non-hydrogen) atoms. The summed E-state index contributed by atoms with van der Waals surface area (Å²) in [4.78, 5) is 13.6. The first-order chi connectivity index (χ1) is 9.52. The SMILES string of the molecule is CCN(c1cccc(C)c1)c1cc(N)ccc1C(N)=O. The summed E-state index contributed by atoms with van der Waals surface area (Å²) in [7, 11) is 0. The Morgan fingerprint density at radius 1 is 1.20 bits per heavy atom. The topological polar surface area (TPSA) is 72.3 Å². The molecule has 1 amide bonds. The number of benzene rings is 2. The number of nitrogen functional groups attached to an aromatic ring is 1. The number of hydrogen-bond donors (Lipinski definition) is 2. The molecule has 0 saturated heterocycles. The van der Waals surface area contributed by atoms with E-state index in [4.69, 9.17) is 11.5 Å². The van der Waals surface area contributed by atoms with Crippen molar-refractivity contribution in [3.63, 3.8) is 0 Å². The summed E-state index contributed by atoms with van der Waals surface area (Å²) >= 11 is 0. The minimum atomic E-state index is -0.453. The Morgan fingerprint density at radius 3 is 2.55 bits per heavy atom. The van der Waals surface area contributed by atoms with Gasteiger partial charge in [0.1, 0.15) is 0 Å². The van der Waals surface area contributed by atoms with Gasteiger partial charge in [0.2, 0.25) is 0 Å². The molecule has 0 aliphatic rings. The molecule has 0 aliphatic carbocycles. The van der Waals surface area contributed by atoms with Crippen molar-refractivity contribution >= 4 is 23.0 Å². The molecule has 2 aromatic carbocycles. The monoisotopic (exact) mass is 269 g/mol. The summed E-state index contributed by atoms with van der Waals surface area (Å²) in [5.41, 5.74) is 15.3. The summed E-state index contributed by atoms with van der Waals surface area (Å²) in [5, 5.41) is 0. The first-order valence-electron chi connectivity index (χ1n) is 6.56. The van der Waals surface area contributed by atoms with Gasteiger partial charge in [-0.3, -0.25) is 4.79 Å². The second-order valence-electron chi connectivity index (χ2n) is 4.72. The van der Waals surface area contributed by atoms with Crippen LogP contribution in [0.15, 0.2) is 42.5 Å². The van der Waals surface area contributed by atoms with Crippen molar-refractivity contribution < 1.29 is 4.79 Å². The molecule has 2 aromatic rings. The predicted octanol–water partition coefficient (Wildman–Crippen LogP) is 2.83. The maximum atomic E-state index is 11.6. The van der Waals surface area contributed by atoms with E-state index in [1.54, 1.807) is 18.2 Å². The molecular formula is C16H19N3O. The Morgan fingerprint density at radius 2 is 1.95 bits per heavy atom. The molecule has 0 spiro atoms. The standard InChI is InChI=1S/C16H19N3O/c1-3-19(13-6-4-5-11(2)9-13)15-10-12(17)7-8-14(15)16(18)20/h4-10H,3,17H2,1-2H3,(H2,18,20). The van der Waals surface area contributed by atoms with E-state index in [-0.39, 0.29) is 0 Å². The third-order valence-electron chi connectivity index (χ3n) is 3.21. The Kier molecular flexibility index (Phi) is 3.94. The minimum Gasteiger partial charge on any atom is -0.399 e. The number of nitrogens with zero attached hydrogens (tertiary/aromatic N) is 1. The molecule has 0 bridgehead atoms. The van der Waals surface area contributed by atoms with Crippen LogP contribution < -0.4 is 16.4 Å². The fraction of sp³-hybridized carbons (Fsp3) is 0.188. The molecule has 104 valence electrons. The van der Waals surface area contributed by atoms with Crippen LogP contribution in [-0.2, 0) is 0 Å². The van der Waals surface area contributed by atoms with Crippen molar-refractivity contribution in [3.05, 3.63) is 53.6 Å². The molecular weight excluding hydrogens is 250 g/mol. The van der Waals surface area contributed by atoms with Gasteiger partial charge in [-0.05, 0) is 49.7 Å². The van der Waals surface area contributed by atoms with Gasteiger partial charge in [0.25, 0.3) is 5.91 Å². The van der Waals surface area contributed by atoms with Gasteiger partial charge in [0.15, 0.2) is 0 Å². The second-order valence-corrected chi connectivity index (χ2v) is 4.72. The van der Waals surface area contributed by atoms with Crippen molar-refractivity contribution in [2.45, 2.75) is 13.8 Å². The van der Waals surface area contributed by atoms with Gasteiger partial charge in [-0.15, -0.1) is 0 Å². The van der Waals surface area contributed by atoms with E-state index in [1.807, 2.05) is 36.9 Å². The van der Waals surface area contributed by atoms with Crippen molar-refractivity contribution in [2.75, 3.05) is 17.2 Å². The van der Waals surface area contributed by atoms with E-state index in [0.29, 0.717) is 17.8 Å². The minimum absolute atomic E-state index is 0.453. The third-order valence-corrected chi connectivity index (χ3v) is 3.21. The van der Waals surface area contributed by atoms with Crippen LogP contribution in [0.25, 0.3) is 0 Å². The quantitative estimate of drug-likeness (QED) is 0.838. The van der Waals surface area contributed by atoms with E-state index in [0.717, 1.165) is 16.9 Å². The number of carbonyl (C=O) groups is 1. The maximum Gasteiger partial charge on any atom is 0.250 e. The molecule has 0 saturated carbocycles. The van der Waals surface area contributed by atoms with Crippen molar-refractivity contribution in [2.24, 2.45) is 5.73 Å². The van der Waals surface area contributed by atoms with E-state index < -0.39 is 5.91 Å². The van der Waals surface area contributed by atoms with E-state index in [1.165, 1.54) is 0 Å². The van der Waals surface area contributed by atoms with Gasteiger partial charge in [-0.25, -0.2) is 0 Å². The lowest BCUT2D eigenvalue weighted by molar-refractivity contribution is 0.100. The van der Waals surface area contributed by atoms with Crippen LogP contribution in [0.2, 0.25) is 0 Å². The Balaban J connectivity index is 2.57. The Labute approximate surface area is 119 Å². The predicted molar refractivity (Wildman–Crippen MR) is 83.2 cm³/mol. The average molecular weight is 269 g/mol. The highest BCUT2D eigenvalue weighted by molar-refractivity contribution is 6.00. The van der Waals surface area contributed by atoms with Crippen molar-refractivity contribution in [3.8, 4) is 0 Å². The number of carbonyl (C=O) groups excluding carboxylic acids is 1. The van der Waals surface area contributed by atoms with Crippen LogP contribution in [0.3, 0.4) is 0 Å². The van der Waals surface area contributed by atoms with Gasteiger partial charge in [-0.2, -0.15) is 0 Å². The lowest BCUT2D eigenvalue weighted by Crippen LogP contribution is -2.22. The molecule has 4 nitrogen and oxygen atoms in total. The van der Waals surface area contributed by atoms with Gasteiger partial charge >= 0.3 is 0 Å². The van der Waals surface area contributed by atoms with Gasteiger partial charge in [0, 0.05) is 17.9 Å². The van der Waals surface area contributed by atoms with E-state index in [9.17, 15) is 4.79 Å². The normalized spacial score (nSPS) is 10.3. The third kappa shape index (κ3) is 2.74. The largest absolute Gasteiger partial charge is 0.399 e. The highest BCUT2D eigenvalue weighted by Gasteiger charge is 2.15. The van der Waals surface area contributed by atoms with E-state index >= 15 is 0 Å². The molecule has 0 aromatic heterocycles. The molecule has 0 radical (unpaired) electrons. The van der Waals surface area contributed by atoms with Gasteiger partial charge < -0.3 is 16.4 Å². The number of aryl methyl sites for hydroxylation is 1. The molecule has 2 rings (SSSR count). The number of anilines is 3. The number of primary amides is 1. The van der Waals surface area contributed by atoms with Crippen LogP contribution in [0.5, 0.6) is 0 Å². The molecule has 0 atom stereocenters. The highest BCUT2D eigenvalue weighted by atomic mass is 16.1. The summed E-state index contributed by atoms with van der Waals surface area (Å²) in [5.74, 6) is -0.453. The number of hydrogen-bond acceptors (Lipinski definition) is 3. The zero-order chi connectivity index (χ0) is 14.7. The molecule has 4 N–H and O–H groups in total. The van der Waals surface area contributed by atoms with Gasteiger partial charge in [0.05, 0.1) is 11.3 Å². The molecule has 4 heteroatoms. The summed E-state index contributed by atoms with van der Waals surface area (Å²) in [6, 6.07) is 13.2. The lowest BCUT2D eigenvalue weighted by atomic mass is 10.1. The number of rotatable bonds is 4. The molecule has 0 fully saturated rings. The maximum absolute atomic E-state index is 11.6.